The Labute approximate surface area is 172 Å². The van der Waals surface area contributed by atoms with E-state index in [2.05, 4.69) is 46.6 Å². The molecule has 166 valence electrons. The van der Waals surface area contributed by atoms with E-state index in [9.17, 15) is 9.67 Å². The molecule has 2 saturated carbocycles. The van der Waals surface area contributed by atoms with Crippen LogP contribution in [0.1, 0.15) is 92.9 Å². The minimum atomic E-state index is -3.40. The molecule has 0 saturated heterocycles. The van der Waals surface area contributed by atoms with Crippen molar-refractivity contribution < 1.29 is 18.7 Å². The van der Waals surface area contributed by atoms with Crippen LogP contribution in [-0.2, 0) is 13.6 Å². The van der Waals surface area contributed by atoms with E-state index in [0.29, 0.717) is 22.7 Å². The summed E-state index contributed by atoms with van der Waals surface area (Å²) in [6.07, 6.45) is 8.05. The number of rotatable bonds is 7. The molecule has 0 aromatic carbocycles. The first-order chi connectivity index (χ1) is 12.9. The fourth-order valence-corrected chi connectivity index (χ4v) is 6.53. The van der Waals surface area contributed by atoms with Gasteiger partial charge < -0.3 is 5.11 Å². The Balaban J connectivity index is 1.90. The van der Waals surface area contributed by atoms with E-state index in [4.69, 9.17) is 9.05 Å². The SMILES string of the molecule is CC(C)(C)C1CCC(OP(=O)(NCCO)OC2CCC(C(C)(C)C)CC2)CC1. The lowest BCUT2D eigenvalue weighted by Crippen LogP contribution is -2.33. The zero-order valence-electron chi connectivity index (χ0n) is 19.0. The molecule has 0 spiro atoms. The van der Waals surface area contributed by atoms with Crippen molar-refractivity contribution in [3.8, 4) is 0 Å². The zero-order valence-corrected chi connectivity index (χ0v) is 19.9. The Bertz CT molecular complexity index is 470. The molecule has 2 aliphatic rings. The van der Waals surface area contributed by atoms with Crippen molar-refractivity contribution in [2.75, 3.05) is 13.2 Å². The Kier molecular flexibility index (Phi) is 8.62. The van der Waals surface area contributed by atoms with Crippen LogP contribution in [0.3, 0.4) is 0 Å². The lowest BCUT2D eigenvalue weighted by atomic mass is 9.72. The van der Waals surface area contributed by atoms with Crippen molar-refractivity contribution in [3.63, 3.8) is 0 Å². The van der Waals surface area contributed by atoms with Crippen LogP contribution < -0.4 is 5.09 Å². The normalized spacial score (nSPS) is 32.1. The molecule has 2 N–H and O–H groups in total. The van der Waals surface area contributed by atoms with Gasteiger partial charge in [0.1, 0.15) is 0 Å². The molecule has 2 aliphatic carbocycles. The summed E-state index contributed by atoms with van der Waals surface area (Å²) in [5.74, 6) is 1.37. The molecule has 0 aromatic rings. The van der Waals surface area contributed by atoms with Gasteiger partial charge in [-0.15, -0.1) is 0 Å². The summed E-state index contributed by atoms with van der Waals surface area (Å²) in [6, 6.07) is 0. The Hall–Kier alpha value is 0.0700. The average molecular weight is 418 g/mol. The summed E-state index contributed by atoms with van der Waals surface area (Å²) in [5.41, 5.74) is 0.623. The number of nitrogens with one attached hydrogen (secondary N) is 1. The molecule has 0 atom stereocenters. The molecule has 28 heavy (non-hydrogen) atoms. The van der Waals surface area contributed by atoms with E-state index in [1.807, 2.05) is 0 Å². The topological polar surface area (TPSA) is 67.8 Å². The fourth-order valence-electron chi connectivity index (χ4n) is 4.75. The van der Waals surface area contributed by atoms with E-state index in [1.165, 1.54) is 0 Å². The third-order valence-corrected chi connectivity index (χ3v) is 8.55. The van der Waals surface area contributed by atoms with Gasteiger partial charge in [0, 0.05) is 6.54 Å². The van der Waals surface area contributed by atoms with Gasteiger partial charge in [-0.3, -0.25) is 9.05 Å². The van der Waals surface area contributed by atoms with Crippen LogP contribution >= 0.6 is 7.75 Å². The van der Waals surface area contributed by atoms with Crippen molar-refractivity contribution in [2.45, 2.75) is 105 Å². The summed E-state index contributed by atoms with van der Waals surface area (Å²) in [4.78, 5) is 0. The number of aliphatic hydroxyl groups is 1. The van der Waals surface area contributed by atoms with Gasteiger partial charge in [0.2, 0.25) is 0 Å². The van der Waals surface area contributed by atoms with E-state index in [0.717, 1.165) is 51.4 Å². The van der Waals surface area contributed by atoms with Crippen LogP contribution in [0.25, 0.3) is 0 Å². The van der Waals surface area contributed by atoms with Crippen LogP contribution in [-0.4, -0.2) is 30.5 Å². The molecule has 0 aromatic heterocycles. The highest BCUT2D eigenvalue weighted by Crippen LogP contribution is 2.52. The zero-order chi connectivity index (χ0) is 21.0. The lowest BCUT2D eigenvalue weighted by molar-refractivity contribution is 0.0379. The van der Waals surface area contributed by atoms with Crippen molar-refractivity contribution in [1.82, 2.24) is 5.09 Å². The first-order valence-electron chi connectivity index (χ1n) is 11.3. The molecule has 6 heteroatoms. The molecular weight excluding hydrogens is 373 g/mol. The van der Waals surface area contributed by atoms with Gasteiger partial charge in [-0.25, -0.2) is 9.65 Å². The van der Waals surface area contributed by atoms with Crippen LogP contribution in [0.2, 0.25) is 0 Å². The molecule has 0 bridgehead atoms. The molecule has 0 aliphatic heterocycles. The van der Waals surface area contributed by atoms with Crippen LogP contribution in [0, 0.1) is 22.7 Å². The number of hydrogen-bond acceptors (Lipinski definition) is 4. The van der Waals surface area contributed by atoms with E-state index in [-0.39, 0.29) is 25.4 Å². The molecule has 0 radical (unpaired) electrons. The van der Waals surface area contributed by atoms with Gasteiger partial charge in [0.05, 0.1) is 18.8 Å². The van der Waals surface area contributed by atoms with Gasteiger partial charge >= 0.3 is 7.75 Å². The average Bonchev–Trinajstić information content (AvgIpc) is 2.59. The minimum absolute atomic E-state index is 0.0264. The maximum atomic E-state index is 13.4. The highest BCUT2D eigenvalue weighted by atomic mass is 31.2. The Morgan fingerprint density at radius 3 is 1.43 bits per heavy atom. The standard InChI is InChI=1S/C22H44NO4P/c1-21(2,3)17-7-11-19(12-8-17)26-28(25,23-15-16-24)27-20-13-9-18(10-14-20)22(4,5)6/h17-20,24H,7-16H2,1-6H3,(H,23,25). The minimum Gasteiger partial charge on any atom is -0.395 e. The highest BCUT2D eigenvalue weighted by Gasteiger charge is 2.38. The predicted octanol–water partition coefficient (Wildman–Crippen LogP) is 5.92. The maximum absolute atomic E-state index is 13.4. The quantitative estimate of drug-likeness (QED) is 0.503. The van der Waals surface area contributed by atoms with Gasteiger partial charge in [0.25, 0.3) is 0 Å². The molecular formula is C22H44NO4P. The summed E-state index contributed by atoms with van der Waals surface area (Å²) < 4.78 is 25.5. The first-order valence-corrected chi connectivity index (χ1v) is 12.8. The van der Waals surface area contributed by atoms with E-state index >= 15 is 0 Å². The monoisotopic (exact) mass is 417 g/mol. The summed E-state index contributed by atoms with van der Waals surface area (Å²) in [5, 5.41) is 12.1. The summed E-state index contributed by atoms with van der Waals surface area (Å²) in [7, 11) is -3.40. The molecule has 2 rings (SSSR count). The largest absolute Gasteiger partial charge is 0.406 e. The lowest BCUT2D eigenvalue weighted by Gasteiger charge is -2.39. The summed E-state index contributed by atoms with van der Waals surface area (Å²) in [6.45, 7) is 13.9. The van der Waals surface area contributed by atoms with Crippen molar-refractivity contribution in [1.29, 1.82) is 0 Å². The Morgan fingerprint density at radius 2 is 1.14 bits per heavy atom. The van der Waals surface area contributed by atoms with E-state index < -0.39 is 7.75 Å². The number of hydrogen-bond donors (Lipinski definition) is 2. The molecule has 0 unspecified atom stereocenters. The van der Waals surface area contributed by atoms with Gasteiger partial charge in [-0.1, -0.05) is 41.5 Å². The Morgan fingerprint density at radius 1 is 0.786 bits per heavy atom. The van der Waals surface area contributed by atoms with Gasteiger partial charge in [0.15, 0.2) is 0 Å². The number of aliphatic hydroxyl groups excluding tert-OH is 1. The highest BCUT2D eigenvalue weighted by molar-refractivity contribution is 7.51. The molecule has 0 amide bonds. The van der Waals surface area contributed by atoms with Crippen LogP contribution in [0.15, 0.2) is 0 Å². The first kappa shape index (κ1) is 24.3. The van der Waals surface area contributed by atoms with Gasteiger partial charge in [-0.2, -0.15) is 0 Å². The predicted molar refractivity (Wildman–Crippen MR) is 115 cm³/mol. The second-order valence-corrected chi connectivity index (χ2v) is 12.8. The summed E-state index contributed by atoms with van der Waals surface area (Å²) >= 11 is 0. The third-order valence-electron chi connectivity index (χ3n) is 6.79. The third kappa shape index (κ3) is 7.40. The van der Waals surface area contributed by atoms with Crippen LogP contribution in [0.4, 0.5) is 0 Å². The van der Waals surface area contributed by atoms with Crippen LogP contribution in [0.5, 0.6) is 0 Å². The molecule has 5 nitrogen and oxygen atoms in total. The molecule has 0 heterocycles. The fraction of sp³-hybridized carbons (Fsp3) is 1.00. The van der Waals surface area contributed by atoms with E-state index in [1.54, 1.807) is 0 Å². The smallest absolute Gasteiger partial charge is 0.395 e. The van der Waals surface area contributed by atoms with Crippen molar-refractivity contribution >= 4 is 7.75 Å². The second kappa shape index (κ2) is 9.92. The second-order valence-electron chi connectivity index (χ2n) is 11.0. The van der Waals surface area contributed by atoms with Crippen molar-refractivity contribution in [2.24, 2.45) is 22.7 Å². The van der Waals surface area contributed by atoms with Crippen molar-refractivity contribution in [3.05, 3.63) is 0 Å². The molecule has 2 fully saturated rings. The maximum Gasteiger partial charge on any atom is 0.406 e. The van der Waals surface area contributed by atoms with Gasteiger partial charge in [-0.05, 0) is 74.0 Å².